The Kier molecular flexibility index (Phi) is 3.57. The summed E-state index contributed by atoms with van der Waals surface area (Å²) in [6, 6.07) is 3.53. The molecule has 30 heavy (non-hydrogen) atoms. The molecule has 1 spiro atoms. The van der Waals surface area contributed by atoms with Crippen molar-refractivity contribution in [3.63, 3.8) is 0 Å². The number of fused-ring (bicyclic) bond motifs is 1. The summed E-state index contributed by atoms with van der Waals surface area (Å²) >= 11 is 0. The first kappa shape index (κ1) is 18.4. The Labute approximate surface area is 174 Å². The van der Waals surface area contributed by atoms with Crippen molar-refractivity contribution in [2.24, 2.45) is 22.7 Å². The zero-order valence-electron chi connectivity index (χ0n) is 17.3. The molecule has 3 saturated heterocycles. The van der Waals surface area contributed by atoms with Crippen LogP contribution in [0, 0.1) is 17.8 Å². The molecular weight excluding hydrogens is 388 g/mol. The second-order valence-corrected chi connectivity index (χ2v) is 8.57. The van der Waals surface area contributed by atoms with Crippen LogP contribution < -0.4 is 9.47 Å². The predicted octanol–water partition coefficient (Wildman–Crippen LogP) is 1.73. The number of nitrogens with zero attached hydrogens (tertiary/aromatic N) is 2. The van der Waals surface area contributed by atoms with Gasteiger partial charge < -0.3 is 19.3 Å². The largest absolute Gasteiger partial charge is 0.497 e. The highest BCUT2D eigenvalue weighted by atomic mass is 16.8. The number of ether oxygens (including phenoxy) is 3. The average molecular weight is 412 g/mol. The fraction of sp³-hybridized carbons (Fsp3) is 0.545. The number of hydrogen-bond acceptors (Lipinski definition) is 8. The number of aliphatic hydroxyl groups excluding tert-OH is 1. The van der Waals surface area contributed by atoms with Gasteiger partial charge in [0.1, 0.15) is 17.2 Å². The van der Waals surface area contributed by atoms with E-state index in [1.807, 2.05) is 18.1 Å². The Morgan fingerprint density at radius 3 is 2.80 bits per heavy atom. The molecule has 0 radical (unpaired) electrons. The molecule has 2 saturated carbocycles. The molecule has 1 aromatic rings. The molecule has 1 N–H and O–H groups in total. The van der Waals surface area contributed by atoms with Gasteiger partial charge in [-0.05, 0) is 30.9 Å². The first-order chi connectivity index (χ1) is 14.5. The number of esters is 1. The second kappa shape index (κ2) is 5.84. The number of allylic oxidation sites excluding steroid dienone is 1. The third-order valence-electron chi connectivity index (χ3n) is 7.83. The highest BCUT2D eigenvalue weighted by Crippen LogP contribution is 2.70. The molecule has 8 nitrogen and oxygen atoms in total. The van der Waals surface area contributed by atoms with Crippen LogP contribution >= 0.6 is 0 Å². The first-order valence-electron chi connectivity index (χ1n) is 10.3. The number of rotatable bonds is 3. The number of carbonyl (C=O) groups excluding carboxylic acids is 1. The predicted molar refractivity (Wildman–Crippen MR) is 106 cm³/mol. The zero-order valence-corrected chi connectivity index (χ0v) is 17.3. The topological polar surface area (TPSA) is 89.8 Å². The molecule has 5 fully saturated rings. The fourth-order valence-corrected chi connectivity index (χ4v) is 6.98. The minimum Gasteiger partial charge on any atom is -0.497 e. The number of carbonyl (C=O) groups is 1. The molecule has 8 atom stereocenters. The van der Waals surface area contributed by atoms with Gasteiger partial charge in [-0.1, -0.05) is 11.6 Å². The number of piperidine rings is 2. The van der Waals surface area contributed by atoms with Crippen molar-refractivity contribution in [3.8, 4) is 11.5 Å². The Morgan fingerprint density at radius 1 is 1.33 bits per heavy atom. The summed E-state index contributed by atoms with van der Waals surface area (Å²) in [6.45, 7) is 1.99. The van der Waals surface area contributed by atoms with Gasteiger partial charge in [-0.2, -0.15) is 5.06 Å². The Morgan fingerprint density at radius 2 is 2.13 bits per heavy atom. The van der Waals surface area contributed by atoms with Crippen LogP contribution in [0.1, 0.15) is 18.9 Å². The van der Waals surface area contributed by atoms with Gasteiger partial charge in [0.2, 0.25) is 0 Å². The first-order valence-corrected chi connectivity index (χ1v) is 10.3. The van der Waals surface area contributed by atoms with Crippen molar-refractivity contribution in [2.45, 2.75) is 37.1 Å². The van der Waals surface area contributed by atoms with Gasteiger partial charge >= 0.3 is 5.97 Å². The summed E-state index contributed by atoms with van der Waals surface area (Å²) in [5, 5.41) is 13.0. The van der Waals surface area contributed by atoms with Crippen molar-refractivity contribution >= 4 is 17.4 Å². The third-order valence-corrected chi connectivity index (χ3v) is 7.83. The third kappa shape index (κ3) is 1.76. The van der Waals surface area contributed by atoms with E-state index in [4.69, 9.17) is 24.0 Å². The molecule has 0 amide bonds. The van der Waals surface area contributed by atoms with Crippen LogP contribution in [0.5, 0.6) is 11.5 Å². The molecule has 158 valence electrons. The number of hydrogen-bond donors (Lipinski definition) is 1. The van der Waals surface area contributed by atoms with E-state index >= 15 is 0 Å². The Balaban J connectivity index is 1.71. The molecule has 0 aromatic heterocycles. The molecule has 4 aliphatic heterocycles. The maximum absolute atomic E-state index is 13.3. The number of benzene rings is 1. The summed E-state index contributed by atoms with van der Waals surface area (Å²) in [4.78, 5) is 24.3. The molecular formula is C22H24N2O6. The van der Waals surface area contributed by atoms with Crippen molar-refractivity contribution in [3.05, 3.63) is 29.3 Å². The second-order valence-electron chi connectivity index (χ2n) is 8.57. The van der Waals surface area contributed by atoms with E-state index in [0.717, 1.165) is 16.8 Å². The van der Waals surface area contributed by atoms with Crippen LogP contribution in [-0.2, 0) is 19.8 Å². The summed E-state index contributed by atoms with van der Waals surface area (Å²) in [5.74, 6) is 0.0556. The van der Waals surface area contributed by atoms with Gasteiger partial charge in [-0.3, -0.25) is 14.6 Å². The maximum atomic E-state index is 13.3. The van der Waals surface area contributed by atoms with Crippen molar-refractivity contribution in [2.75, 3.05) is 21.3 Å². The van der Waals surface area contributed by atoms with E-state index in [1.54, 1.807) is 20.3 Å². The van der Waals surface area contributed by atoms with E-state index in [-0.39, 0.29) is 29.9 Å². The number of methoxy groups -OCH3 is 3. The molecule has 2 aliphatic carbocycles. The lowest BCUT2D eigenvalue weighted by Crippen LogP contribution is -2.75. The van der Waals surface area contributed by atoms with Crippen LogP contribution in [0.2, 0.25) is 0 Å². The van der Waals surface area contributed by atoms with E-state index in [1.165, 1.54) is 7.11 Å². The Hall–Kier alpha value is -2.42. The monoisotopic (exact) mass is 412 g/mol. The van der Waals surface area contributed by atoms with Crippen molar-refractivity contribution < 1.29 is 28.9 Å². The smallest absolute Gasteiger partial charge is 0.310 e. The van der Waals surface area contributed by atoms with Gasteiger partial charge in [0.15, 0.2) is 6.29 Å². The summed E-state index contributed by atoms with van der Waals surface area (Å²) in [6.07, 6.45) is 1.72. The average Bonchev–Trinajstić information content (AvgIpc) is 3.27. The molecule has 1 aromatic carbocycles. The van der Waals surface area contributed by atoms with Crippen LogP contribution in [0.25, 0.3) is 0 Å². The van der Waals surface area contributed by atoms with Crippen molar-refractivity contribution in [1.29, 1.82) is 0 Å². The van der Waals surface area contributed by atoms with Crippen LogP contribution in [0.4, 0.5) is 5.69 Å². The van der Waals surface area contributed by atoms with E-state index in [0.29, 0.717) is 23.6 Å². The summed E-state index contributed by atoms with van der Waals surface area (Å²) < 4.78 is 16.5. The van der Waals surface area contributed by atoms with E-state index < -0.39 is 17.6 Å². The van der Waals surface area contributed by atoms with Crippen LogP contribution in [0.15, 0.2) is 28.8 Å². The molecule has 7 rings (SSSR count). The normalized spacial score (nSPS) is 42.8. The molecule has 8 heteroatoms. The lowest BCUT2D eigenvalue weighted by Gasteiger charge is -2.63. The van der Waals surface area contributed by atoms with Gasteiger partial charge in [-0.15, -0.1) is 0 Å². The Bertz CT molecular complexity index is 1030. The minimum absolute atomic E-state index is 0.000876. The number of aliphatic imine (C=N–C) groups is 1. The molecule has 6 aliphatic rings. The van der Waals surface area contributed by atoms with E-state index in [2.05, 4.69) is 6.08 Å². The highest BCUT2D eigenvalue weighted by Gasteiger charge is 2.78. The van der Waals surface area contributed by atoms with Gasteiger partial charge in [0.05, 0.1) is 50.5 Å². The van der Waals surface area contributed by atoms with Gasteiger partial charge in [-0.25, -0.2) is 0 Å². The summed E-state index contributed by atoms with van der Waals surface area (Å²) in [5.41, 5.74) is 2.74. The fourth-order valence-electron chi connectivity index (χ4n) is 6.98. The van der Waals surface area contributed by atoms with Crippen LogP contribution in [0.3, 0.4) is 0 Å². The minimum atomic E-state index is -1.05. The number of hydroxylamine groups is 2. The molecule has 1 unspecified atom stereocenters. The highest BCUT2D eigenvalue weighted by molar-refractivity contribution is 6.11. The number of aliphatic hydroxyl groups is 1. The van der Waals surface area contributed by atoms with E-state index in [9.17, 15) is 9.90 Å². The van der Waals surface area contributed by atoms with Gasteiger partial charge in [0.25, 0.3) is 0 Å². The maximum Gasteiger partial charge on any atom is 0.310 e. The summed E-state index contributed by atoms with van der Waals surface area (Å²) in [7, 11) is 4.62. The quantitative estimate of drug-likeness (QED) is 0.597. The lowest BCUT2D eigenvalue weighted by molar-refractivity contribution is -0.234. The standard InChI is InChI=1S/C22H24N2O6/c1-5-10-11-8-13-19-22(15(11)20(25)29-4,16-18(10)24(13)30-21(16)26)12-6-9(27-2)7-14(28-3)17(12)23-19/h5-7,11,13,15-16,18,21,26H,8H2,1-4H3/b10-5+/t11-,13-,15-,16-,18+,21-,22-/m0/s1. The lowest BCUT2D eigenvalue weighted by atomic mass is 9.42. The molecule has 6 bridgehead atoms. The van der Waals surface area contributed by atoms with Crippen molar-refractivity contribution in [1.82, 2.24) is 5.06 Å². The van der Waals surface area contributed by atoms with Crippen LogP contribution in [-0.4, -0.2) is 61.6 Å². The SMILES string of the molecule is C/C=C1/[C@@H]2[C@H]3[C@@H](O)ON2[C@H]2C[C@@H]1[C@@H](C(=O)OC)[C@]31C2=Nc2c(OC)cc(OC)cc21. The molecule has 4 heterocycles. The zero-order chi connectivity index (χ0) is 20.9. The van der Waals surface area contributed by atoms with Gasteiger partial charge in [0, 0.05) is 12.0 Å².